The van der Waals surface area contributed by atoms with Crippen molar-refractivity contribution in [2.45, 2.75) is 19.1 Å². The van der Waals surface area contributed by atoms with Crippen molar-refractivity contribution in [3.05, 3.63) is 60.1 Å². The topological polar surface area (TPSA) is 68.0 Å². The van der Waals surface area contributed by atoms with Gasteiger partial charge in [0, 0.05) is 33.9 Å². The summed E-state index contributed by atoms with van der Waals surface area (Å²) in [4.78, 5) is 4.23. The first-order valence-electron chi connectivity index (χ1n) is 8.46. The summed E-state index contributed by atoms with van der Waals surface area (Å²) in [7, 11) is 3.47. The molecule has 2 N–H and O–H groups in total. The van der Waals surface area contributed by atoms with Gasteiger partial charge in [-0.3, -0.25) is 4.99 Å². The molecular formula is C19H28IN3O3. The Kier molecular flexibility index (Phi) is 11.7. The molecule has 1 atom stereocenters. The highest BCUT2D eigenvalue weighted by Gasteiger charge is 2.10. The lowest BCUT2D eigenvalue weighted by Crippen LogP contribution is -2.40. The molecule has 0 saturated heterocycles. The van der Waals surface area contributed by atoms with Gasteiger partial charge >= 0.3 is 0 Å². The van der Waals surface area contributed by atoms with E-state index in [-0.39, 0.29) is 30.1 Å². The van der Waals surface area contributed by atoms with Gasteiger partial charge in [-0.25, -0.2) is 0 Å². The highest BCUT2D eigenvalue weighted by molar-refractivity contribution is 14.0. The van der Waals surface area contributed by atoms with E-state index in [9.17, 15) is 0 Å². The highest BCUT2D eigenvalue weighted by atomic mass is 127. The number of hydrogen-bond acceptors (Lipinski definition) is 4. The van der Waals surface area contributed by atoms with E-state index in [0.717, 1.165) is 30.2 Å². The van der Waals surface area contributed by atoms with Gasteiger partial charge in [-0.15, -0.1) is 24.0 Å². The van der Waals surface area contributed by atoms with Crippen LogP contribution in [0.25, 0.3) is 0 Å². The normalized spacial score (nSPS) is 12.3. The molecule has 1 heterocycles. The Labute approximate surface area is 172 Å². The van der Waals surface area contributed by atoms with Gasteiger partial charge in [-0.2, -0.15) is 0 Å². The molecule has 0 aliphatic carbocycles. The molecule has 0 aliphatic heterocycles. The lowest BCUT2D eigenvalue weighted by atomic mass is 10.1. The zero-order valence-corrected chi connectivity index (χ0v) is 17.6. The molecule has 0 fully saturated rings. The van der Waals surface area contributed by atoms with Gasteiger partial charge in [0.2, 0.25) is 0 Å². The first-order valence-corrected chi connectivity index (χ1v) is 8.46. The molecule has 1 unspecified atom stereocenters. The zero-order chi connectivity index (χ0) is 17.7. The largest absolute Gasteiger partial charge is 0.467 e. The number of halogens is 1. The summed E-state index contributed by atoms with van der Waals surface area (Å²) in [6.07, 6.45) is 2.52. The van der Waals surface area contributed by atoms with Crippen LogP contribution >= 0.6 is 24.0 Å². The van der Waals surface area contributed by atoms with E-state index < -0.39 is 0 Å². The van der Waals surface area contributed by atoms with Crippen molar-refractivity contribution in [3.63, 3.8) is 0 Å². The molecule has 0 radical (unpaired) electrons. The second kappa shape index (κ2) is 13.6. The van der Waals surface area contributed by atoms with Crippen molar-refractivity contribution in [1.82, 2.24) is 10.6 Å². The van der Waals surface area contributed by atoms with E-state index in [0.29, 0.717) is 19.8 Å². The molecule has 1 aromatic heterocycles. The van der Waals surface area contributed by atoms with E-state index in [1.807, 2.05) is 30.3 Å². The molecule has 0 spiro atoms. The summed E-state index contributed by atoms with van der Waals surface area (Å²) in [6, 6.07) is 13.9. The Balaban J connectivity index is 0.00000338. The van der Waals surface area contributed by atoms with Gasteiger partial charge in [-0.1, -0.05) is 30.3 Å². The summed E-state index contributed by atoms with van der Waals surface area (Å²) >= 11 is 0. The number of ether oxygens (including phenoxy) is 2. The van der Waals surface area contributed by atoms with Crippen LogP contribution in [0.1, 0.15) is 23.8 Å². The minimum atomic E-state index is -0.0172. The summed E-state index contributed by atoms with van der Waals surface area (Å²) in [5, 5.41) is 6.56. The zero-order valence-electron chi connectivity index (χ0n) is 15.3. The number of aliphatic imine (C=N–C) groups is 1. The summed E-state index contributed by atoms with van der Waals surface area (Å²) < 4.78 is 16.3. The molecule has 2 rings (SSSR count). The standard InChI is InChI=1S/C19H27N3O3.HI/c1-20-19(21-11-7-12-24-15-17-10-6-13-25-17)22-14-18(23-2)16-8-4-3-5-9-16;/h3-6,8-10,13,18H,7,11-12,14-15H2,1-2H3,(H2,20,21,22);1H. The lowest BCUT2D eigenvalue weighted by Gasteiger charge is -2.18. The third-order valence-electron chi connectivity index (χ3n) is 3.72. The van der Waals surface area contributed by atoms with Gasteiger partial charge in [0.05, 0.1) is 12.4 Å². The molecular weight excluding hydrogens is 445 g/mol. The predicted molar refractivity (Wildman–Crippen MR) is 114 cm³/mol. The Morgan fingerprint density at radius 1 is 1.15 bits per heavy atom. The van der Waals surface area contributed by atoms with Crippen LogP contribution in [-0.2, 0) is 16.1 Å². The number of hydrogen-bond donors (Lipinski definition) is 2. The van der Waals surface area contributed by atoms with Crippen molar-refractivity contribution in [3.8, 4) is 0 Å². The maximum atomic E-state index is 5.55. The quantitative estimate of drug-likeness (QED) is 0.240. The number of guanidine groups is 1. The monoisotopic (exact) mass is 473 g/mol. The lowest BCUT2D eigenvalue weighted by molar-refractivity contribution is 0.104. The maximum absolute atomic E-state index is 5.55. The van der Waals surface area contributed by atoms with Crippen molar-refractivity contribution in [2.24, 2.45) is 4.99 Å². The van der Waals surface area contributed by atoms with Crippen LogP contribution in [0.2, 0.25) is 0 Å². The van der Waals surface area contributed by atoms with Gasteiger partial charge in [0.1, 0.15) is 12.4 Å². The van der Waals surface area contributed by atoms with Crippen LogP contribution in [0.15, 0.2) is 58.1 Å². The molecule has 0 amide bonds. The Hall–Kier alpha value is -1.58. The molecule has 2 aromatic rings. The fraction of sp³-hybridized carbons (Fsp3) is 0.421. The van der Waals surface area contributed by atoms with Crippen molar-refractivity contribution >= 4 is 29.9 Å². The fourth-order valence-corrected chi connectivity index (χ4v) is 2.36. The second-order valence-electron chi connectivity index (χ2n) is 5.50. The molecule has 26 heavy (non-hydrogen) atoms. The van der Waals surface area contributed by atoms with Crippen LogP contribution in [0, 0.1) is 0 Å². The average Bonchev–Trinajstić information content (AvgIpc) is 3.17. The van der Waals surface area contributed by atoms with Crippen molar-refractivity contribution in [2.75, 3.05) is 33.9 Å². The third kappa shape index (κ3) is 8.20. The van der Waals surface area contributed by atoms with Crippen LogP contribution in [0.3, 0.4) is 0 Å². The molecule has 7 heteroatoms. The van der Waals surface area contributed by atoms with Gasteiger partial charge in [0.15, 0.2) is 5.96 Å². The first kappa shape index (κ1) is 22.5. The Morgan fingerprint density at radius 2 is 1.96 bits per heavy atom. The number of furan rings is 1. The molecule has 6 nitrogen and oxygen atoms in total. The predicted octanol–water partition coefficient (Wildman–Crippen LogP) is 3.36. The van der Waals surface area contributed by atoms with Gasteiger partial charge < -0.3 is 24.5 Å². The maximum Gasteiger partial charge on any atom is 0.191 e. The number of benzene rings is 1. The summed E-state index contributed by atoms with van der Waals surface area (Å²) in [5.41, 5.74) is 1.14. The Morgan fingerprint density at radius 3 is 2.62 bits per heavy atom. The minimum Gasteiger partial charge on any atom is -0.467 e. The first-order chi connectivity index (χ1) is 12.3. The summed E-state index contributed by atoms with van der Waals surface area (Å²) in [5.74, 6) is 1.60. The van der Waals surface area contributed by atoms with Gasteiger partial charge in [0.25, 0.3) is 0 Å². The van der Waals surface area contributed by atoms with E-state index in [4.69, 9.17) is 13.9 Å². The SMILES string of the molecule is CN=C(NCCCOCc1ccco1)NCC(OC)c1ccccc1.I. The fourth-order valence-electron chi connectivity index (χ4n) is 2.36. The number of nitrogens with zero attached hydrogens (tertiary/aromatic N) is 1. The van der Waals surface area contributed by atoms with Crippen LogP contribution in [0.5, 0.6) is 0 Å². The second-order valence-corrected chi connectivity index (χ2v) is 5.50. The van der Waals surface area contributed by atoms with Crippen molar-refractivity contribution in [1.29, 1.82) is 0 Å². The van der Waals surface area contributed by atoms with Crippen molar-refractivity contribution < 1.29 is 13.9 Å². The van der Waals surface area contributed by atoms with Gasteiger partial charge in [-0.05, 0) is 24.1 Å². The molecule has 144 valence electrons. The summed E-state index contributed by atoms with van der Waals surface area (Å²) in [6.45, 7) is 2.60. The smallest absolute Gasteiger partial charge is 0.191 e. The molecule has 0 saturated carbocycles. The molecule has 1 aromatic carbocycles. The Bertz CT molecular complexity index is 606. The van der Waals surface area contributed by atoms with Crippen LogP contribution in [0.4, 0.5) is 0 Å². The van der Waals surface area contributed by atoms with E-state index in [1.165, 1.54) is 0 Å². The van der Waals surface area contributed by atoms with E-state index in [1.54, 1.807) is 20.4 Å². The number of nitrogens with one attached hydrogen (secondary N) is 2. The number of methoxy groups -OCH3 is 1. The molecule has 0 bridgehead atoms. The number of rotatable bonds is 10. The van der Waals surface area contributed by atoms with Crippen LogP contribution in [-0.4, -0.2) is 39.8 Å². The van der Waals surface area contributed by atoms with E-state index >= 15 is 0 Å². The highest BCUT2D eigenvalue weighted by Crippen LogP contribution is 2.14. The molecule has 0 aliphatic rings. The van der Waals surface area contributed by atoms with E-state index in [2.05, 4.69) is 27.8 Å². The average molecular weight is 473 g/mol. The third-order valence-corrected chi connectivity index (χ3v) is 3.72. The van der Waals surface area contributed by atoms with Crippen LogP contribution < -0.4 is 10.6 Å². The minimum absolute atomic E-state index is 0.